The molecule has 1 heterocycles. The quantitative estimate of drug-likeness (QED) is 0.766. The Kier molecular flexibility index (Phi) is 5.22. The maximum absolute atomic E-state index is 11.8. The SMILES string of the molecule is CCOCCC(=O)Nc1ccc(-n2cnnn2)cc1OC. The van der Waals surface area contributed by atoms with E-state index in [2.05, 4.69) is 20.8 Å². The Morgan fingerprint density at radius 3 is 2.95 bits per heavy atom. The largest absolute Gasteiger partial charge is 0.494 e. The van der Waals surface area contributed by atoms with Crippen molar-refractivity contribution in [2.24, 2.45) is 0 Å². The first-order chi connectivity index (χ1) is 10.2. The number of carbonyl (C=O) groups excluding carboxylic acids is 1. The van der Waals surface area contributed by atoms with Crippen LogP contribution in [0.4, 0.5) is 5.69 Å². The molecular formula is C13H17N5O3. The van der Waals surface area contributed by atoms with Crippen molar-refractivity contribution in [1.29, 1.82) is 0 Å². The van der Waals surface area contributed by atoms with Crippen molar-refractivity contribution in [2.75, 3.05) is 25.6 Å². The minimum atomic E-state index is -0.128. The van der Waals surface area contributed by atoms with Crippen molar-refractivity contribution in [3.63, 3.8) is 0 Å². The van der Waals surface area contributed by atoms with Crippen LogP contribution in [0.1, 0.15) is 13.3 Å². The molecular weight excluding hydrogens is 274 g/mol. The highest BCUT2D eigenvalue weighted by molar-refractivity contribution is 5.92. The lowest BCUT2D eigenvalue weighted by Crippen LogP contribution is -2.15. The van der Waals surface area contributed by atoms with Gasteiger partial charge in [-0.2, -0.15) is 0 Å². The molecule has 112 valence electrons. The summed E-state index contributed by atoms with van der Waals surface area (Å²) in [4.78, 5) is 11.8. The van der Waals surface area contributed by atoms with Gasteiger partial charge in [0.05, 0.1) is 31.5 Å². The monoisotopic (exact) mass is 291 g/mol. The number of anilines is 1. The zero-order chi connectivity index (χ0) is 15.1. The zero-order valence-electron chi connectivity index (χ0n) is 11.9. The highest BCUT2D eigenvalue weighted by atomic mass is 16.5. The normalized spacial score (nSPS) is 10.4. The Balaban J connectivity index is 2.08. The van der Waals surface area contributed by atoms with E-state index in [1.165, 1.54) is 18.1 Å². The first-order valence-corrected chi connectivity index (χ1v) is 6.53. The van der Waals surface area contributed by atoms with Crippen LogP contribution in [0.25, 0.3) is 5.69 Å². The molecule has 21 heavy (non-hydrogen) atoms. The molecule has 1 aromatic heterocycles. The summed E-state index contributed by atoms with van der Waals surface area (Å²) in [5.74, 6) is 0.407. The van der Waals surface area contributed by atoms with Gasteiger partial charge in [0, 0.05) is 12.7 Å². The van der Waals surface area contributed by atoms with Gasteiger partial charge in [-0.15, -0.1) is 5.10 Å². The Labute approximate surface area is 122 Å². The first kappa shape index (κ1) is 14.9. The molecule has 0 spiro atoms. The molecule has 0 atom stereocenters. The minimum absolute atomic E-state index is 0.128. The van der Waals surface area contributed by atoms with Crippen LogP contribution in [-0.2, 0) is 9.53 Å². The van der Waals surface area contributed by atoms with Crippen LogP contribution >= 0.6 is 0 Å². The van der Waals surface area contributed by atoms with E-state index >= 15 is 0 Å². The van der Waals surface area contributed by atoms with E-state index in [1.807, 2.05) is 6.92 Å². The van der Waals surface area contributed by atoms with Crippen LogP contribution < -0.4 is 10.1 Å². The van der Waals surface area contributed by atoms with Crippen molar-refractivity contribution in [2.45, 2.75) is 13.3 Å². The van der Waals surface area contributed by atoms with Crippen molar-refractivity contribution < 1.29 is 14.3 Å². The number of methoxy groups -OCH3 is 1. The number of rotatable bonds is 7. The van der Waals surface area contributed by atoms with Gasteiger partial charge in [0.2, 0.25) is 5.91 Å². The number of amides is 1. The van der Waals surface area contributed by atoms with Crippen molar-refractivity contribution >= 4 is 11.6 Å². The van der Waals surface area contributed by atoms with Crippen LogP contribution in [0.2, 0.25) is 0 Å². The number of aromatic nitrogens is 4. The summed E-state index contributed by atoms with van der Waals surface area (Å²) in [6, 6.07) is 5.28. The van der Waals surface area contributed by atoms with Crippen LogP contribution in [0.5, 0.6) is 5.75 Å². The number of benzene rings is 1. The summed E-state index contributed by atoms with van der Waals surface area (Å²) in [5.41, 5.74) is 1.33. The van der Waals surface area contributed by atoms with E-state index in [4.69, 9.17) is 9.47 Å². The van der Waals surface area contributed by atoms with Gasteiger partial charge in [-0.1, -0.05) is 0 Å². The molecule has 0 bridgehead atoms. The molecule has 2 aromatic rings. The molecule has 0 fully saturated rings. The molecule has 0 radical (unpaired) electrons. The second-order valence-corrected chi connectivity index (χ2v) is 4.13. The molecule has 8 nitrogen and oxygen atoms in total. The fourth-order valence-electron chi connectivity index (χ4n) is 1.73. The molecule has 1 amide bonds. The smallest absolute Gasteiger partial charge is 0.226 e. The number of hydrogen-bond donors (Lipinski definition) is 1. The average Bonchev–Trinajstić information content (AvgIpc) is 3.02. The highest BCUT2D eigenvalue weighted by Gasteiger charge is 2.09. The van der Waals surface area contributed by atoms with Crippen LogP contribution in [0, 0.1) is 0 Å². The van der Waals surface area contributed by atoms with Crippen LogP contribution in [0.15, 0.2) is 24.5 Å². The summed E-state index contributed by atoms with van der Waals surface area (Å²) >= 11 is 0. The van der Waals surface area contributed by atoms with Gasteiger partial charge in [0.1, 0.15) is 12.1 Å². The Morgan fingerprint density at radius 2 is 2.29 bits per heavy atom. The summed E-state index contributed by atoms with van der Waals surface area (Å²) in [6.07, 6.45) is 1.78. The molecule has 0 saturated heterocycles. The van der Waals surface area contributed by atoms with E-state index in [0.717, 1.165) is 5.69 Å². The van der Waals surface area contributed by atoms with Gasteiger partial charge in [-0.05, 0) is 29.5 Å². The Bertz CT molecular complexity index is 585. The molecule has 1 aromatic carbocycles. The van der Waals surface area contributed by atoms with Gasteiger partial charge < -0.3 is 14.8 Å². The minimum Gasteiger partial charge on any atom is -0.494 e. The lowest BCUT2D eigenvalue weighted by atomic mass is 10.2. The van der Waals surface area contributed by atoms with Gasteiger partial charge in [-0.3, -0.25) is 4.79 Å². The second kappa shape index (κ2) is 7.34. The standard InChI is InChI=1S/C13H17N5O3/c1-3-21-7-6-13(19)15-11-5-4-10(8-12(11)20-2)18-9-14-16-17-18/h4-5,8-9H,3,6-7H2,1-2H3,(H,15,19). The molecule has 0 aliphatic heterocycles. The van der Waals surface area contributed by atoms with E-state index in [1.54, 1.807) is 18.2 Å². The maximum Gasteiger partial charge on any atom is 0.226 e. The van der Waals surface area contributed by atoms with Crippen molar-refractivity contribution in [1.82, 2.24) is 20.2 Å². The van der Waals surface area contributed by atoms with Gasteiger partial charge >= 0.3 is 0 Å². The molecule has 1 N–H and O–H groups in total. The number of ether oxygens (including phenoxy) is 2. The highest BCUT2D eigenvalue weighted by Crippen LogP contribution is 2.26. The average molecular weight is 291 g/mol. The number of tetrazole rings is 1. The molecule has 0 unspecified atom stereocenters. The lowest BCUT2D eigenvalue weighted by Gasteiger charge is -2.11. The Hall–Kier alpha value is -2.48. The summed E-state index contributed by atoms with van der Waals surface area (Å²) in [5, 5.41) is 13.7. The summed E-state index contributed by atoms with van der Waals surface area (Å²) < 4.78 is 11.9. The van der Waals surface area contributed by atoms with Gasteiger partial charge in [-0.25, -0.2) is 4.68 Å². The van der Waals surface area contributed by atoms with Crippen molar-refractivity contribution in [3.8, 4) is 11.4 Å². The topological polar surface area (TPSA) is 91.2 Å². The molecule has 0 saturated carbocycles. The lowest BCUT2D eigenvalue weighted by molar-refractivity contribution is -0.117. The second-order valence-electron chi connectivity index (χ2n) is 4.13. The Morgan fingerprint density at radius 1 is 1.43 bits per heavy atom. The van der Waals surface area contributed by atoms with Crippen LogP contribution in [-0.4, -0.2) is 46.4 Å². The summed E-state index contributed by atoms with van der Waals surface area (Å²) in [7, 11) is 1.54. The van der Waals surface area contributed by atoms with E-state index in [9.17, 15) is 4.79 Å². The number of carbonyl (C=O) groups is 1. The zero-order valence-corrected chi connectivity index (χ0v) is 11.9. The number of hydrogen-bond acceptors (Lipinski definition) is 6. The molecule has 0 aliphatic rings. The number of nitrogens with zero attached hydrogens (tertiary/aromatic N) is 4. The molecule has 2 rings (SSSR count). The predicted octanol–water partition coefficient (Wildman–Crippen LogP) is 1.04. The third-order valence-corrected chi connectivity index (χ3v) is 2.75. The summed E-state index contributed by atoms with van der Waals surface area (Å²) in [6.45, 7) is 2.88. The van der Waals surface area contributed by atoms with Gasteiger partial charge in [0.15, 0.2) is 0 Å². The maximum atomic E-state index is 11.8. The fourth-order valence-corrected chi connectivity index (χ4v) is 1.73. The van der Waals surface area contributed by atoms with E-state index < -0.39 is 0 Å². The predicted molar refractivity (Wildman–Crippen MR) is 75.4 cm³/mol. The van der Waals surface area contributed by atoms with E-state index in [0.29, 0.717) is 31.1 Å². The van der Waals surface area contributed by atoms with E-state index in [-0.39, 0.29) is 5.91 Å². The van der Waals surface area contributed by atoms with Crippen molar-refractivity contribution in [3.05, 3.63) is 24.5 Å². The third kappa shape index (κ3) is 3.99. The third-order valence-electron chi connectivity index (χ3n) is 2.75. The van der Waals surface area contributed by atoms with Gasteiger partial charge in [0.25, 0.3) is 0 Å². The first-order valence-electron chi connectivity index (χ1n) is 6.53. The fraction of sp³-hybridized carbons (Fsp3) is 0.385. The molecule has 8 heteroatoms. The number of nitrogens with one attached hydrogen (secondary N) is 1. The van der Waals surface area contributed by atoms with Crippen LogP contribution in [0.3, 0.4) is 0 Å². The molecule has 0 aliphatic carbocycles.